The lowest BCUT2D eigenvalue weighted by atomic mass is 9.96. The van der Waals surface area contributed by atoms with Gasteiger partial charge in [0, 0.05) is 5.69 Å². The Hall–Kier alpha value is -3.02. The molecular formula is C23H19NO3S. The molecule has 0 saturated carbocycles. The summed E-state index contributed by atoms with van der Waals surface area (Å²) in [5.41, 5.74) is 5.14. The molecule has 0 radical (unpaired) electrons. The number of benzene rings is 3. The number of rotatable bonds is 5. The topological polar surface area (TPSA) is 57.6 Å². The predicted molar refractivity (Wildman–Crippen MR) is 113 cm³/mol. The van der Waals surface area contributed by atoms with Gasteiger partial charge in [0.25, 0.3) is 5.91 Å². The van der Waals surface area contributed by atoms with Crippen molar-refractivity contribution in [2.45, 2.75) is 5.75 Å². The first kappa shape index (κ1) is 18.3. The van der Waals surface area contributed by atoms with Crippen molar-refractivity contribution >= 4 is 33.8 Å². The molecule has 4 nitrogen and oxygen atoms in total. The third-order valence-corrected chi connectivity index (χ3v) is 5.38. The highest BCUT2D eigenvalue weighted by Gasteiger charge is 2.32. The fourth-order valence-corrected chi connectivity index (χ4v) is 3.95. The lowest BCUT2D eigenvalue weighted by molar-refractivity contribution is -0.112. The summed E-state index contributed by atoms with van der Waals surface area (Å²) in [5.74, 6) is 0.0767. The van der Waals surface area contributed by atoms with Crippen LogP contribution in [0.25, 0.3) is 11.1 Å². The van der Waals surface area contributed by atoms with E-state index in [1.165, 1.54) is 0 Å². The molecule has 0 spiro atoms. The van der Waals surface area contributed by atoms with Crippen LogP contribution in [0.1, 0.15) is 16.7 Å². The Kier molecular flexibility index (Phi) is 5.19. The molecule has 1 aliphatic rings. The van der Waals surface area contributed by atoms with Gasteiger partial charge in [-0.1, -0.05) is 72.8 Å². The van der Waals surface area contributed by atoms with Gasteiger partial charge in [0.1, 0.15) is 0 Å². The van der Waals surface area contributed by atoms with Crippen LogP contribution >= 0.6 is 0 Å². The van der Waals surface area contributed by atoms with Gasteiger partial charge in [-0.05, 0) is 34.4 Å². The van der Waals surface area contributed by atoms with Crippen LogP contribution in [-0.4, -0.2) is 21.2 Å². The minimum absolute atomic E-state index is 0.0204. The maximum Gasteiger partial charge on any atom is 0.259 e. The van der Waals surface area contributed by atoms with Crippen molar-refractivity contribution in [2.75, 3.05) is 11.4 Å². The number of hydrogen-bond acceptors (Lipinski definition) is 2. The molecule has 0 bridgehead atoms. The molecule has 5 heteroatoms. The lowest BCUT2D eigenvalue weighted by Crippen LogP contribution is -2.26. The van der Waals surface area contributed by atoms with Crippen LogP contribution in [-0.2, 0) is 21.6 Å². The van der Waals surface area contributed by atoms with Gasteiger partial charge in [-0.2, -0.15) is 0 Å². The number of hydrogen-bond donors (Lipinski definition) is 1. The molecule has 3 aromatic carbocycles. The maximum atomic E-state index is 13.3. The molecule has 1 atom stereocenters. The number of para-hydroxylation sites is 1. The Balaban J connectivity index is 1.77. The van der Waals surface area contributed by atoms with E-state index in [2.05, 4.69) is 0 Å². The van der Waals surface area contributed by atoms with Crippen molar-refractivity contribution in [1.82, 2.24) is 0 Å². The molecule has 4 rings (SSSR count). The number of nitrogens with zero attached hydrogens (tertiary/aromatic N) is 1. The number of carbonyl (C=O) groups is 1. The summed E-state index contributed by atoms with van der Waals surface area (Å²) in [4.78, 5) is 15.1. The van der Waals surface area contributed by atoms with Gasteiger partial charge in [-0.25, -0.2) is 4.21 Å². The van der Waals surface area contributed by atoms with Crippen LogP contribution in [0.2, 0.25) is 0 Å². The van der Waals surface area contributed by atoms with Crippen LogP contribution in [0.15, 0.2) is 84.9 Å². The Morgan fingerprint density at radius 2 is 1.43 bits per heavy atom. The van der Waals surface area contributed by atoms with E-state index in [1.54, 1.807) is 4.90 Å². The van der Waals surface area contributed by atoms with Gasteiger partial charge in [-0.15, -0.1) is 0 Å². The summed E-state index contributed by atoms with van der Waals surface area (Å²) < 4.78 is 20.1. The quantitative estimate of drug-likeness (QED) is 0.660. The zero-order valence-corrected chi connectivity index (χ0v) is 15.9. The molecule has 0 aromatic heterocycles. The van der Waals surface area contributed by atoms with E-state index in [4.69, 9.17) is 4.55 Å². The largest absolute Gasteiger partial charge is 0.306 e. The SMILES string of the molecule is O=C1C(c2ccccc2)=C(c2ccc(CS(=O)O)cc2)CN1c1ccccc1. The summed E-state index contributed by atoms with van der Waals surface area (Å²) in [5, 5.41) is 0. The van der Waals surface area contributed by atoms with Gasteiger partial charge in [0.05, 0.1) is 17.9 Å². The van der Waals surface area contributed by atoms with E-state index >= 15 is 0 Å². The normalized spacial score (nSPS) is 15.2. The highest BCUT2D eigenvalue weighted by atomic mass is 32.2. The van der Waals surface area contributed by atoms with E-state index in [-0.39, 0.29) is 11.7 Å². The van der Waals surface area contributed by atoms with Crippen molar-refractivity contribution < 1.29 is 13.6 Å². The molecule has 3 aromatic rings. The van der Waals surface area contributed by atoms with E-state index in [0.29, 0.717) is 12.1 Å². The molecule has 28 heavy (non-hydrogen) atoms. The van der Waals surface area contributed by atoms with Gasteiger partial charge in [0.15, 0.2) is 11.1 Å². The third kappa shape index (κ3) is 3.67. The van der Waals surface area contributed by atoms with Crippen molar-refractivity contribution in [1.29, 1.82) is 0 Å². The smallest absolute Gasteiger partial charge is 0.259 e. The van der Waals surface area contributed by atoms with Gasteiger partial charge >= 0.3 is 0 Å². The molecule has 1 aliphatic heterocycles. The Labute approximate surface area is 166 Å². The second kappa shape index (κ2) is 7.92. The number of carbonyl (C=O) groups excluding carboxylic acids is 1. The first-order valence-electron chi connectivity index (χ1n) is 8.96. The molecule has 1 N–H and O–H groups in total. The van der Waals surface area contributed by atoms with Crippen molar-refractivity contribution in [3.8, 4) is 0 Å². The van der Waals surface area contributed by atoms with Crippen LogP contribution in [0.3, 0.4) is 0 Å². The van der Waals surface area contributed by atoms with E-state index in [9.17, 15) is 9.00 Å². The van der Waals surface area contributed by atoms with E-state index in [0.717, 1.165) is 28.0 Å². The zero-order chi connectivity index (χ0) is 19.5. The fourth-order valence-electron chi connectivity index (χ4n) is 3.47. The summed E-state index contributed by atoms with van der Waals surface area (Å²) in [6.07, 6.45) is 0. The molecule has 0 fully saturated rings. The van der Waals surface area contributed by atoms with Gasteiger partial charge in [-0.3, -0.25) is 4.79 Å². The first-order chi connectivity index (χ1) is 13.6. The monoisotopic (exact) mass is 389 g/mol. The van der Waals surface area contributed by atoms with Crippen LogP contribution in [0, 0.1) is 0 Å². The molecule has 0 saturated heterocycles. The number of amides is 1. The molecule has 1 amide bonds. The standard InChI is InChI=1S/C23H19NO3S/c25-23-22(19-7-3-1-4-8-19)21(15-24(23)20-9-5-2-6-10-20)18-13-11-17(12-14-18)16-28(26)27/h1-14H,15-16H2,(H,26,27). The summed E-state index contributed by atoms with van der Waals surface area (Å²) in [7, 11) is 0. The van der Waals surface area contributed by atoms with Crippen molar-refractivity contribution in [3.05, 3.63) is 102 Å². The van der Waals surface area contributed by atoms with Crippen LogP contribution < -0.4 is 4.90 Å². The van der Waals surface area contributed by atoms with E-state index in [1.807, 2.05) is 84.9 Å². The Morgan fingerprint density at radius 3 is 2.04 bits per heavy atom. The Morgan fingerprint density at radius 1 is 0.821 bits per heavy atom. The van der Waals surface area contributed by atoms with Crippen LogP contribution in [0.5, 0.6) is 0 Å². The molecule has 140 valence electrons. The second-order valence-electron chi connectivity index (χ2n) is 6.61. The minimum atomic E-state index is -1.87. The maximum absolute atomic E-state index is 13.3. The molecular weight excluding hydrogens is 370 g/mol. The fraction of sp³-hybridized carbons (Fsp3) is 0.0870. The van der Waals surface area contributed by atoms with Crippen molar-refractivity contribution in [3.63, 3.8) is 0 Å². The lowest BCUT2D eigenvalue weighted by Gasteiger charge is -2.17. The van der Waals surface area contributed by atoms with Crippen LogP contribution in [0.4, 0.5) is 5.69 Å². The summed E-state index contributed by atoms with van der Waals surface area (Å²) in [6.45, 7) is 0.484. The molecule has 0 aliphatic carbocycles. The van der Waals surface area contributed by atoms with Crippen molar-refractivity contribution in [2.24, 2.45) is 0 Å². The summed E-state index contributed by atoms with van der Waals surface area (Å²) >= 11 is -1.87. The summed E-state index contributed by atoms with van der Waals surface area (Å²) in [6, 6.07) is 26.9. The average molecular weight is 389 g/mol. The first-order valence-corrected chi connectivity index (χ1v) is 10.2. The highest BCUT2D eigenvalue weighted by Crippen LogP contribution is 2.36. The molecule has 1 unspecified atom stereocenters. The third-order valence-electron chi connectivity index (χ3n) is 4.80. The Bertz CT molecular complexity index is 1040. The predicted octanol–water partition coefficient (Wildman–Crippen LogP) is 4.37. The minimum Gasteiger partial charge on any atom is -0.306 e. The number of anilines is 1. The molecule has 1 heterocycles. The van der Waals surface area contributed by atoms with Gasteiger partial charge in [0.2, 0.25) is 0 Å². The average Bonchev–Trinajstić information content (AvgIpc) is 3.06. The zero-order valence-electron chi connectivity index (χ0n) is 15.1. The van der Waals surface area contributed by atoms with Gasteiger partial charge < -0.3 is 9.45 Å². The highest BCUT2D eigenvalue weighted by molar-refractivity contribution is 7.78. The second-order valence-corrected chi connectivity index (χ2v) is 7.54. The van der Waals surface area contributed by atoms with E-state index < -0.39 is 11.1 Å².